The molecule has 0 aliphatic carbocycles. The molecule has 0 saturated carbocycles. The van der Waals surface area contributed by atoms with Crippen molar-refractivity contribution >= 4 is 5.82 Å². The second-order valence-electron chi connectivity index (χ2n) is 4.72. The van der Waals surface area contributed by atoms with Crippen LogP contribution in [-0.2, 0) is 0 Å². The van der Waals surface area contributed by atoms with Crippen molar-refractivity contribution in [3.63, 3.8) is 0 Å². The number of aliphatic hydroxyl groups is 1. The van der Waals surface area contributed by atoms with Gasteiger partial charge in [-0.2, -0.15) is 0 Å². The monoisotopic (exact) mass is 273 g/mol. The molecule has 0 spiro atoms. The molecule has 1 heterocycles. The molecular weight excluding hydrogens is 254 g/mol. The maximum absolute atomic E-state index is 10.1. The molecule has 2 N–H and O–H groups in total. The summed E-state index contributed by atoms with van der Waals surface area (Å²) < 4.78 is 5.56. The smallest absolute Gasteiger partial charge is 0.144 e. The number of ether oxygens (including phenoxy) is 1. The highest BCUT2D eigenvalue weighted by Crippen LogP contribution is 2.19. The summed E-state index contributed by atoms with van der Waals surface area (Å²) in [6, 6.07) is 7.45. The van der Waals surface area contributed by atoms with E-state index in [9.17, 15) is 5.11 Å². The molecule has 5 nitrogen and oxygen atoms in total. The largest absolute Gasteiger partial charge is 0.491 e. The van der Waals surface area contributed by atoms with Gasteiger partial charge in [-0.05, 0) is 31.5 Å². The summed E-state index contributed by atoms with van der Waals surface area (Å²) in [5, 5.41) is 13.1. The fourth-order valence-corrected chi connectivity index (χ4v) is 1.75. The topological polar surface area (TPSA) is 67.3 Å². The van der Waals surface area contributed by atoms with E-state index in [1.807, 2.05) is 38.1 Å². The molecule has 0 aliphatic heterocycles. The Morgan fingerprint density at radius 3 is 2.55 bits per heavy atom. The number of aliphatic hydroxyl groups excluding tert-OH is 1. The Balaban J connectivity index is 1.90. The summed E-state index contributed by atoms with van der Waals surface area (Å²) in [4.78, 5) is 8.04. The van der Waals surface area contributed by atoms with Crippen LogP contribution in [0.25, 0.3) is 0 Å². The normalized spacial score (nSPS) is 12.2. The predicted octanol–water partition coefficient (Wildman–Crippen LogP) is 2.41. The zero-order valence-electron chi connectivity index (χ0n) is 11.7. The zero-order valence-corrected chi connectivity index (χ0v) is 11.7. The van der Waals surface area contributed by atoms with Crippen LogP contribution in [0.1, 0.15) is 25.5 Å². The third-order valence-corrected chi connectivity index (χ3v) is 2.68. The van der Waals surface area contributed by atoms with Gasteiger partial charge in [0.25, 0.3) is 0 Å². The Hall–Kier alpha value is -2.14. The van der Waals surface area contributed by atoms with Crippen LogP contribution in [0.4, 0.5) is 5.82 Å². The van der Waals surface area contributed by atoms with E-state index < -0.39 is 6.10 Å². The van der Waals surface area contributed by atoms with Crippen molar-refractivity contribution in [3.05, 3.63) is 48.4 Å². The van der Waals surface area contributed by atoms with E-state index in [-0.39, 0.29) is 6.10 Å². The Bertz CT molecular complexity index is 514. The minimum absolute atomic E-state index is 0.143. The van der Waals surface area contributed by atoms with Crippen LogP contribution in [0.2, 0.25) is 0 Å². The van der Waals surface area contributed by atoms with Crippen LogP contribution in [0, 0.1) is 0 Å². The van der Waals surface area contributed by atoms with E-state index in [1.165, 1.54) is 0 Å². The standard InChI is InChI=1S/C15H19N3O2/c1-11(2)20-13-5-3-12(4-6-13)14(19)9-18-15-10-16-7-8-17-15/h3-8,10-11,14,19H,9H2,1-2H3,(H,17,18)/t14-/m1/s1. The molecule has 0 radical (unpaired) electrons. The summed E-state index contributed by atoms with van der Waals surface area (Å²) in [5.41, 5.74) is 0.831. The summed E-state index contributed by atoms with van der Waals surface area (Å²) in [6.07, 6.45) is 4.36. The maximum atomic E-state index is 10.1. The maximum Gasteiger partial charge on any atom is 0.144 e. The van der Waals surface area contributed by atoms with Gasteiger partial charge in [0, 0.05) is 18.9 Å². The lowest BCUT2D eigenvalue weighted by Gasteiger charge is -2.14. The van der Waals surface area contributed by atoms with Crippen molar-refractivity contribution in [3.8, 4) is 5.75 Å². The van der Waals surface area contributed by atoms with Gasteiger partial charge in [0.2, 0.25) is 0 Å². The first-order chi connectivity index (χ1) is 9.65. The highest BCUT2D eigenvalue weighted by Gasteiger charge is 2.08. The van der Waals surface area contributed by atoms with Crippen molar-refractivity contribution in [1.29, 1.82) is 0 Å². The van der Waals surface area contributed by atoms with Crippen LogP contribution in [-0.4, -0.2) is 27.7 Å². The second kappa shape index (κ2) is 6.86. The molecule has 106 valence electrons. The summed E-state index contributed by atoms with van der Waals surface area (Å²) >= 11 is 0. The molecule has 1 aromatic carbocycles. The van der Waals surface area contributed by atoms with Crippen LogP contribution in [0.3, 0.4) is 0 Å². The van der Waals surface area contributed by atoms with Crippen molar-refractivity contribution in [2.75, 3.05) is 11.9 Å². The van der Waals surface area contributed by atoms with E-state index in [0.29, 0.717) is 12.4 Å². The predicted molar refractivity (Wildman–Crippen MR) is 77.7 cm³/mol. The first-order valence-electron chi connectivity index (χ1n) is 6.59. The Morgan fingerprint density at radius 1 is 1.20 bits per heavy atom. The molecule has 0 unspecified atom stereocenters. The first kappa shape index (κ1) is 14.3. The van der Waals surface area contributed by atoms with Crippen molar-refractivity contribution in [2.45, 2.75) is 26.1 Å². The lowest BCUT2D eigenvalue weighted by atomic mass is 10.1. The number of nitrogens with zero attached hydrogens (tertiary/aromatic N) is 2. The molecule has 5 heteroatoms. The van der Waals surface area contributed by atoms with Gasteiger partial charge < -0.3 is 15.2 Å². The van der Waals surface area contributed by atoms with Crippen LogP contribution >= 0.6 is 0 Å². The van der Waals surface area contributed by atoms with Crippen LogP contribution in [0.15, 0.2) is 42.9 Å². The lowest BCUT2D eigenvalue weighted by molar-refractivity contribution is 0.191. The molecule has 0 saturated heterocycles. The number of hydrogen-bond acceptors (Lipinski definition) is 5. The Labute approximate surface area is 118 Å². The molecule has 0 amide bonds. The SMILES string of the molecule is CC(C)Oc1ccc([C@H](O)CNc2cnccn2)cc1. The quantitative estimate of drug-likeness (QED) is 0.846. The number of benzene rings is 1. The van der Waals surface area contributed by atoms with E-state index in [2.05, 4.69) is 15.3 Å². The number of nitrogens with one attached hydrogen (secondary N) is 1. The highest BCUT2D eigenvalue weighted by atomic mass is 16.5. The second-order valence-corrected chi connectivity index (χ2v) is 4.72. The number of anilines is 1. The van der Waals surface area contributed by atoms with E-state index in [1.54, 1.807) is 18.6 Å². The summed E-state index contributed by atoms with van der Waals surface area (Å²) in [7, 11) is 0. The van der Waals surface area contributed by atoms with Gasteiger partial charge in [-0.1, -0.05) is 12.1 Å². The molecular formula is C15H19N3O2. The number of rotatable bonds is 6. The van der Waals surface area contributed by atoms with Gasteiger partial charge in [0.15, 0.2) is 0 Å². The number of hydrogen-bond donors (Lipinski definition) is 2. The molecule has 2 aromatic rings. The lowest BCUT2D eigenvalue weighted by Crippen LogP contribution is -2.13. The third kappa shape index (κ3) is 4.20. The van der Waals surface area contributed by atoms with Crippen molar-refractivity contribution < 1.29 is 9.84 Å². The minimum atomic E-state index is -0.606. The molecule has 0 fully saturated rings. The molecule has 0 aliphatic rings. The highest BCUT2D eigenvalue weighted by molar-refractivity contribution is 5.33. The molecule has 0 bridgehead atoms. The van der Waals surface area contributed by atoms with Crippen molar-refractivity contribution in [1.82, 2.24) is 9.97 Å². The number of aromatic nitrogens is 2. The van der Waals surface area contributed by atoms with Gasteiger partial charge in [-0.15, -0.1) is 0 Å². The molecule has 1 aromatic heterocycles. The average Bonchev–Trinajstić information content (AvgIpc) is 2.46. The van der Waals surface area contributed by atoms with Gasteiger partial charge in [-0.25, -0.2) is 4.98 Å². The molecule has 20 heavy (non-hydrogen) atoms. The Morgan fingerprint density at radius 2 is 1.95 bits per heavy atom. The van der Waals surface area contributed by atoms with Gasteiger partial charge in [0.1, 0.15) is 11.6 Å². The van der Waals surface area contributed by atoms with Crippen LogP contribution < -0.4 is 10.1 Å². The van der Waals surface area contributed by atoms with Gasteiger partial charge in [0.05, 0.1) is 18.4 Å². The minimum Gasteiger partial charge on any atom is -0.491 e. The van der Waals surface area contributed by atoms with Crippen LogP contribution in [0.5, 0.6) is 5.75 Å². The summed E-state index contributed by atoms with van der Waals surface area (Å²) in [6.45, 7) is 4.34. The molecule has 2 rings (SSSR count). The van der Waals surface area contributed by atoms with Gasteiger partial charge >= 0.3 is 0 Å². The van der Waals surface area contributed by atoms with E-state index in [4.69, 9.17) is 4.74 Å². The third-order valence-electron chi connectivity index (χ3n) is 2.68. The fourth-order valence-electron chi connectivity index (χ4n) is 1.75. The van der Waals surface area contributed by atoms with Crippen molar-refractivity contribution in [2.24, 2.45) is 0 Å². The fraction of sp³-hybridized carbons (Fsp3) is 0.333. The van der Waals surface area contributed by atoms with Gasteiger partial charge in [-0.3, -0.25) is 4.98 Å². The molecule has 1 atom stereocenters. The summed E-state index contributed by atoms with van der Waals surface area (Å²) in [5.74, 6) is 1.45. The van der Waals surface area contributed by atoms with E-state index >= 15 is 0 Å². The average molecular weight is 273 g/mol. The zero-order chi connectivity index (χ0) is 14.4. The van der Waals surface area contributed by atoms with E-state index in [0.717, 1.165) is 11.3 Å². The Kier molecular flexibility index (Phi) is 4.90. The first-order valence-corrected chi connectivity index (χ1v) is 6.59.